The van der Waals surface area contributed by atoms with Gasteiger partial charge in [-0.2, -0.15) is 11.8 Å². The monoisotopic (exact) mass is 281 g/mol. The molecule has 5 heteroatoms. The fourth-order valence-corrected chi connectivity index (χ4v) is 2.32. The van der Waals surface area contributed by atoms with E-state index in [9.17, 15) is 4.79 Å². The minimum Gasteiger partial charge on any atom is -0.486 e. The standard InChI is InChI=1S/C14H19NO3S/c1-2-19-10-14(16)15-8-7-11-9-17-12-5-3-4-6-13(12)18-11/h3-6,11H,2,7-10H2,1H3,(H,15,16)/t11-/m0/s1. The third kappa shape index (κ3) is 4.35. The molecule has 1 amide bonds. The first-order valence-electron chi connectivity index (χ1n) is 6.52. The first-order chi connectivity index (χ1) is 9.29. The second-order valence-electron chi connectivity index (χ2n) is 4.27. The lowest BCUT2D eigenvalue weighted by atomic mass is 10.2. The average Bonchev–Trinajstić information content (AvgIpc) is 2.45. The van der Waals surface area contributed by atoms with Crippen LogP contribution in [-0.2, 0) is 4.79 Å². The lowest BCUT2D eigenvalue weighted by molar-refractivity contribution is -0.118. The van der Waals surface area contributed by atoms with E-state index in [1.165, 1.54) is 0 Å². The number of para-hydroxylation sites is 2. The maximum Gasteiger partial charge on any atom is 0.229 e. The van der Waals surface area contributed by atoms with E-state index in [1.807, 2.05) is 31.2 Å². The van der Waals surface area contributed by atoms with Crippen LogP contribution in [0.15, 0.2) is 24.3 Å². The van der Waals surface area contributed by atoms with Crippen molar-refractivity contribution in [2.24, 2.45) is 0 Å². The van der Waals surface area contributed by atoms with Gasteiger partial charge in [0.25, 0.3) is 0 Å². The summed E-state index contributed by atoms with van der Waals surface area (Å²) in [5, 5.41) is 2.89. The number of rotatable bonds is 6. The first kappa shape index (κ1) is 14.1. The highest BCUT2D eigenvalue weighted by molar-refractivity contribution is 7.99. The number of benzene rings is 1. The van der Waals surface area contributed by atoms with Crippen LogP contribution in [-0.4, -0.2) is 36.7 Å². The molecule has 0 saturated carbocycles. The number of ether oxygens (including phenoxy) is 2. The summed E-state index contributed by atoms with van der Waals surface area (Å²) in [6, 6.07) is 7.65. The van der Waals surface area contributed by atoms with Gasteiger partial charge in [-0.25, -0.2) is 0 Å². The van der Waals surface area contributed by atoms with Crippen LogP contribution in [0.25, 0.3) is 0 Å². The Kier molecular flexibility index (Phi) is 5.39. The summed E-state index contributed by atoms with van der Waals surface area (Å²) in [5.74, 6) is 3.16. The van der Waals surface area contributed by atoms with Gasteiger partial charge < -0.3 is 14.8 Å². The summed E-state index contributed by atoms with van der Waals surface area (Å²) in [6.07, 6.45) is 0.769. The third-order valence-corrected chi connectivity index (χ3v) is 3.67. The highest BCUT2D eigenvalue weighted by Crippen LogP contribution is 2.31. The minimum atomic E-state index is 0.00836. The maximum absolute atomic E-state index is 11.4. The van der Waals surface area contributed by atoms with Crippen LogP contribution < -0.4 is 14.8 Å². The van der Waals surface area contributed by atoms with Gasteiger partial charge in [0, 0.05) is 13.0 Å². The fourth-order valence-electron chi connectivity index (χ4n) is 1.82. The van der Waals surface area contributed by atoms with E-state index in [0.717, 1.165) is 23.7 Å². The van der Waals surface area contributed by atoms with Crippen molar-refractivity contribution < 1.29 is 14.3 Å². The Bertz CT molecular complexity index is 425. The summed E-state index contributed by atoms with van der Waals surface area (Å²) < 4.78 is 11.4. The second-order valence-corrected chi connectivity index (χ2v) is 5.55. The molecule has 1 aromatic rings. The van der Waals surface area contributed by atoms with Gasteiger partial charge >= 0.3 is 0 Å². The Hall–Kier alpha value is -1.36. The Morgan fingerprint density at radius 2 is 2.21 bits per heavy atom. The molecule has 0 aliphatic carbocycles. The maximum atomic E-state index is 11.4. The molecular formula is C14H19NO3S. The highest BCUT2D eigenvalue weighted by Gasteiger charge is 2.20. The fraction of sp³-hybridized carbons (Fsp3) is 0.500. The molecular weight excluding hydrogens is 262 g/mol. The number of amides is 1. The molecule has 104 valence electrons. The molecule has 4 nitrogen and oxygen atoms in total. The van der Waals surface area contributed by atoms with Crippen LogP contribution >= 0.6 is 11.8 Å². The predicted octanol–water partition coefficient (Wildman–Crippen LogP) is 2.09. The summed E-state index contributed by atoms with van der Waals surface area (Å²) >= 11 is 1.62. The van der Waals surface area contributed by atoms with Crippen molar-refractivity contribution in [3.8, 4) is 11.5 Å². The van der Waals surface area contributed by atoms with Crippen molar-refractivity contribution in [1.29, 1.82) is 0 Å². The third-order valence-electron chi connectivity index (χ3n) is 2.79. The van der Waals surface area contributed by atoms with Crippen molar-refractivity contribution in [3.63, 3.8) is 0 Å². The number of fused-ring (bicyclic) bond motifs is 1. The molecule has 1 aromatic carbocycles. The molecule has 0 radical (unpaired) electrons. The van der Waals surface area contributed by atoms with E-state index in [0.29, 0.717) is 18.9 Å². The molecule has 0 unspecified atom stereocenters. The zero-order chi connectivity index (χ0) is 13.5. The van der Waals surface area contributed by atoms with Gasteiger partial charge in [-0.3, -0.25) is 4.79 Å². The zero-order valence-corrected chi connectivity index (χ0v) is 11.9. The lowest BCUT2D eigenvalue weighted by Crippen LogP contribution is -2.34. The van der Waals surface area contributed by atoms with Gasteiger partial charge in [0.15, 0.2) is 11.5 Å². The van der Waals surface area contributed by atoms with Gasteiger partial charge in [0.2, 0.25) is 5.91 Å². The van der Waals surface area contributed by atoms with Crippen LogP contribution in [0.4, 0.5) is 0 Å². The molecule has 0 bridgehead atoms. The molecule has 1 N–H and O–H groups in total. The van der Waals surface area contributed by atoms with Crippen LogP contribution in [0.2, 0.25) is 0 Å². The molecule has 0 aromatic heterocycles. The molecule has 1 atom stereocenters. The van der Waals surface area contributed by atoms with E-state index in [4.69, 9.17) is 9.47 Å². The molecule has 0 spiro atoms. The molecule has 2 rings (SSSR count). The van der Waals surface area contributed by atoms with Gasteiger partial charge in [0.05, 0.1) is 5.75 Å². The Labute approximate surface area is 117 Å². The quantitative estimate of drug-likeness (QED) is 0.867. The Balaban J connectivity index is 1.70. The number of carbonyl (C=O) groups excluding carboxylic acids is 1. The SMILES string of the molecule is CCSCC(=O)NCC[C@H]1COc2ccccc2O1. The summed E-state index contributed by atoms with van der Waals surface area (Å²) in [4.78, 5) is 11.4. The zero-order valence-electron chi connectivity index (χ0n) is 11.1. The minimum absolute atomic E-state index is 0.00836. The Morgan fingerprint density at radius 3 is 3.00 bits per heavy atom. The normalized spacial score (nSPS) is 17.0. The molecule has 0 saturated heterocycles. The summed E-state index contributed by atoms with van der Waals surface area (Å²) in [5.41, 5.74) is 0. The van der Waals surface area contributed by atoms with Gasteiger partial charge in [0.1, 0.15) is 12.7 Å². The van der Waals surface area contributed by atoms with Gasteiger partial charge in [-0.05, 0) is 17.9 Å². The van der Waals surface area contributed by atoms with Gasteiger partial charge in [-0.15, -0.1) is 0 Å². The highest BCUT2D eigenvalue weighted by atomic mass is 32.2. The van der Waals surface area contributed by atoms with E-state index >= 15 is 0 Å². The molecule has 1 aliphatic heterocycles. The van der Waals surface area contributed by atoms with Crippen LogP contribution in [0.3, 0.4) is 0 Å². The number of hydrogen-bond acceptors (Lipinski definition) is 4. The largest absolute Gasteiger partial charge is 0.486 e. The molecule has 19 heavy (non-hydrogen) atoms. The average molecular weight is 281 g/mol. The lowest BCUT2D eigenvalue weighted by Gasteiger charge is -2.26. The predicted molar refractivity (Wildman–Crippen MR) is 77.0 cm³/mol. The number of carbonyl (C=O) groups is 1. The molecule has 0 fully saturated rings. The van der Waals surface area contributed by atoms with Crippen molar-refractivity contribution >= 4 is 17.7 Å². The molecule has 1 heterocycles. The number of thioether (sulfide) groups is 1. The van der Waals surface area contributed by atoms with E-state index in [-0.39, 0.29) is 12.0 Å². The van der Waals surface area contributed by atoms with Crippen LogP contribution in [0.5, 0.6) is 11.5 Å². The van der Waals surface area contributed by atoms with Crippen molar-refractivity contribution in [2.45, 2.75) is 19.4 Å². The van der Waals surface area contributed by atoms with Crippen molar-refractivity contribution in [2.75, 3.05) is 24.7 Å². The number of hydrogen-bond donors (Lipinski definition) is 1. The first-order valence-corrected chi connectivity index (χ1v) is 7.68. The Morgan fingerprint density at radius 1 is 1.42 bits per heavy atom. The van der Waals surface area contributed by atoms with Crippen LogP contribution in [0.1, 0.15) is 13.3 Å². The van der Waals surface area contributed by atoms with E-state index in [1.54, 1.807) is 11.8 Å². The number of nitrogens with one attached hydrogen (secondary N) is 1. The van der Waals surface area contributed by atoms with Crippen molar-refractivity contribution in [3.05, 3.63) is 24.3 Å². The van der Waals surface area contributed by atoms with Gasteiger partial charge in [-0.1, -0.05) is 19.1 Å². The summed E-state index contributed by atoms with van der Waals surface area (Å²) in [6.45, 7) is 3.21. The second kappa shape index (κ2) is 7.28. The van der Waals surface area contributed by atoms with E-state index in [2.05, 4.69) is 5.32 Å². The molecule has 1 aliphatic rings. The van der Waals surface area contributed by atoms with Crippen molar-refractivity contribution in [1.82, 2.24) is 5.32 Å². The topological polar surface area (TPSA) is 47.6 Å². The van der Waals surface area contributed by atoms with E-state index < -0.39 is 0 Å². The summed E-state index contributed by atoms with van der Waals surface area (Å²) in [7, 11) is 0. The van der Waals surface area contributed by atoms with Crippen LogP contribution in [0, 0.1) is 0 Å². The smallest absolute Gasteiger partial charge is 0.229 e.